The molecule has 10 heteroatoms. The van der Waals surface area contributed by atoms with E-state index >= 15 is 0 Å². The number of carbonyl (C=O) groups excluding carboxylic acids is 1. The molecule has 3 rings (SSSR count). The van der Waals surface area contributed by atoms with Crippen LogP contribution in [-0.4, -0.2) is 28.0 Å². The molecule has 0 aliphatic heterocycles. The second-order valence-electron chi connectivity index (χ2n) is 5.88. The van der Waals surface area contributed by atoms with E-state index in [-0.39, 0.29) is 21.9 Å². The van der Waals surface area contributed by atoms with E-state index < -0.39 is 10.8 Å². The first-order valence-electron chi connectivity index (χ1n) is 8.35. The zero-order valence-electron chi connectivity index (χ0n) is 15.5. The van der Waals surface area contributed by atoms with Crippen molar-refractivity contribution in [3.63, 3.8) is 0 Å². The van der Waals surface area contributed by atoms with Crippen molar-refractivity contribution in [1.82, 2.24) is 10.3 Å². The molecule has 148 valence electrons. The van der Waals surface area contributed by atoms with E-state index in [2.05, 4.69) is 15.6 Å². The summed E-state index contributed by atoms with van der Waals surface area (Å²) in [6, 6.07) is 11.8. The number of rotatable bonds is 5. The van der Waals surface area contributed by atoms with Crippen LogP contribution < -0.4 is 15.4 Å². The zero-order valence-corrected chi connectivity index (χ0v) is 17.1. The average Bonchev–Trinajstić information content (AvgIpc) is 3.16. The average molecular weight is 428 g/mol. The molecule has 2 N–H and O–H groups in total. The number of carbonyl (C=O) groups is 1. The molecule has 0 saturated carbocycles. The number of anilines is 1. The van der Waals surface area contributed by atoms with Gasteiger partial charge in [-0.1, -0.05) is 6.07 Å². The lowest BCUT2D eigenvalue weighted by Gasteiger charge is -2.09. The van der Waals surface area contributed by atoms with Crippen molar-refractivity contribution in [2.45, 2.75) is 6.92 Å². The van der Waals surface area contributed by atoms with Crippen LogP contribution in [0.1, 0.15) is 15.9 Å². The number of nitro benzene ring substituents is 1. The van der Waals surface area contributed by atoms with Gasteiger partial charge in [0, 0.05) is 28.1 Å². The molecule has 0 aliphatic carbocycles. The third-order valence-electron chi connectivity index (χ3n) is 4.08. The lowest BCUT2D eigenvalue weighted by atomic mass is 10.1. The predicted octanol–water partition coefficient (Wildman–Crippen LogP) is 4.16. The lowest BCUT2D eigenvalue weighted by molar-refractivity contribution is -0.385. The van der Waals surface area contributed by atoms with Crippen molar-refractivity contribution < 1.29 is 14.5 Å². The lowest BCUT2D eigenvalue weighted by Crippen LogP contribution is -2.34. The van der Waals surface area contributed by atoms with Crippen molar-refractivity contribution in [1.29, 1.82) is 0 Å². The summed E-state index contributed by atoms with van der Waals surface area (Å²) >= 11 is 6.51. The molecule has 0 saturated heterocycles. The molecule has 0 radical (unpaired) electrons. The molecule has 1 heterocycles. The number of nitrogens with zero attached hydrogens (tertiary/aromatic N) is 2. The van der Waals surface area contributed by atoms with E-state index in [9.17, 15) is 14.9 Å². The molecular weight excluding hydrogens is 412 g/mol. The van der Waals surface area contributed by atoms with Crippen LogP contribution in [0.3, 0.4) is 0 Å². The van der Waals surface area contributed by atoms with Crippen molar-refractivity contribution in [2.24, 2.45) is 0 Å². The van der Waals surface area contributed by atoms with E-state index in [1.807, 2.05) is 29.6 Å². The number of thiocarbonyl (C=S) groups is 1. The smallest absolute Gasteiger partial charge is 0.273 e. The first-order valence-corrected chi connectivity index (χ1v) is 9.64. The molecule has 29 heavy (non-hydrogen) atoms. The molecule has 0 fully saturated rings. The van der Waals surface area contributed by atoms with E-state index in [1.54, 1.807) is 7.11 Å². The van der Waals surface area contributed by atoms with Gasteiger partial charge < -0.3 is 10.1 Å². The van der Waals surface area contributed by atoms with Crippen molar-refractivity contribution in [3.8, 4) is 17.0 Å². The molecule has 2 aromatic carbocycles. The molecule has 1 aromatic heterocycles. The van der Waals surface area contributed by atoms with Crippen molar-refractivity contribution in [2.75, 3.05) is 12.4 Å². The van der Waals surface area contributed by atoms with Crippen LogP contribution in [0.15, 0.2) is 47.8 Å². The largest absolute Gasteiger partial charge is 0.497 e. The summed E-state index contributed by atoms with van der Waals surface area (Å²) in [5, 5.41) is 18.8. The number of ether oxygens (including phenoxy) is 1. The molecule has 0 unspecified atom stereocenters. The Morgan fingerprint density at radius 3 is 2.62 bits per heavy atom. The summed E-state index contributed by atoms with van der Waals surface area (Å²) in [6.07, 6.45) is 0. The summed E-state index contributed by atoms with van der Waals surface area (Å²) in [6.45, 7) is 1.52. The standard InChI is InChI=1S/C19H16N4O4S2/c1-11-14(4-3-5-16(11)23(25)26)17(24)21-18(28)22-19-20-15(10-29-19)12-6-8-13(27-2)9-7-12/h3-10H,1-2H3,(H2,20,21,22,24,28). The highest BCUT2D eigenvalue weighted by molar-refractivity contribution is 7.80. The number of nitro groups is 1. The molecule has 1 amide bonds. The Balaban J connectivity index is 1.67. The van der Waals surface area contributed by atoms with Gasteiger partial charge in [-0.05, 0) is 49.5 Å². The van der Waals surface area contributed by atoms with Gasteiger partial charge in [0.1, 0.15) is 5.75 Å². The monoisotopic (exact) mass is 428 g/mol. The van der Waals surface area contributed by atoms with Crippen LogP contribution >= 0.6 is 23.6 Å². The van der Waals surface area contributed by atoms with Crippen LogP contribution in [0.25, 0.3) is 11.3 Å². The van der Waals surface area contributed by atoms with Gasteiger partial charge in [0.2, 0.25) is 0 Å². The van der Waals surface area contributed by atoms with Crippen molar-refractivity contribution in [3.05, 3.63) is 69.1 Å². The van der Waals surface area contributed by atoms with Crippen LogP contribution in [0.2, 0.25) is 0 Å². The Labute approximate surface area is 175 Å². The fourth-order valence-electron chi connectivity index (χ4n) is 2.59. The second kappa shape index (κ2) is 8.76. The van der Waals surface area contributed by atoms with E-state index in [0.717, 1.165) is 17.0 Å². The quantitative estimate of drug-likeness (QED) is 0.357. The predicted molar refractivity (Wildman–Crippen MR) is 116 cm³/mol. The van der Waals surface area contributed by atoms with E-state index in [4.69, 9.17) is 17.0 Å². The Kier molecular flexibility index (Phi) is 6.15. The number of amides is 1. The first kappa shape index (κ1) is 20.4. The Morgan fingerprint density at radius 2 is 1.97 bits per heavy atom. The fraction of sp³-hybridized carbons (Fsp3) is 0.105. The van der Waals surface area contributed by atoms with Gasteiger partial charge in [-0.2, -0.15) is 0 Å². The topological polar surface area (TPSA) is 106 Å². The third-order valence-corrected chi connectivity index (χ3v) is 5.05. The minimum Gasteiger partial charge on any atom is -0.497 e. The summed E-state index contributed by atoms with van der Waals surface area (Å²) in [5.74, 6) is 0.221. The number of aromatic nitrogens is 1. The van der Waals surface area contributed by atoms with Crippen LogP contribution in [-0.2, 0) is 0 Å². The van der Waals surface area contributed by atoms with Gasteiger partial charge in [-0.15, -0.1) is 11.3 Å². The first-order chi connectivity index (χ1) is 13.9. The number of methoxy groups -OCH3 is 1. The summed E-state index contributed by atoms with van der Waals surface area (Å²) in [5.41, 5.74) is 2.00. The van der Waals surface area contributed by atoms with Gasteiger partial charge in [-0.3, -0.25) is 20.2 Å². The molecule has 0 bridgehead atoms. The number of nitrogens with one attached hydrogen (secondary N) is 2. The molecule has 0 spiro atoms. The minimum atomic E-state index is -0.532. The maximum absolute atomic E-state index is 12.4. The van der Waals surface area contributed by atoms with Crippen molar-refractivity contribution >= 4 is 45.4 Å². The van der Waals surface area contributed by atoms with Crippen LogP contribution in [0.5, 0.6) is 5.75 Å². The molecule has 3 aromatic rings. The number of hydrogen-bond acceptors (Lipinski definition) is 7. The molecule has 0 atom stereocenters. The fourth-order valence-corrected chi connectivity index (χ4v) is 3.57. The van der Waals surface area contributed by atoms with Crippen LogP contribution in [0.4, 0.5) is 10.8 Å². The third kappa shape index (κ3) is 4.73. The molecule has 0 aliphatic rings. The SMILES string of the molecule is COc1ccc(-c2csc(NC(=S)NC(=O)c3cccc([N+](=O)[O-])c3C)n2)cc1. The number of hydrogen-bond donors (Lipinski definition) is 2. The van der Waals surface area contributed by atoms with Gasteiger partial charge >= 0.3 is 0 Å². The van der Waals surface area contributed by atoms with Gasteiger partial charge in [0.05, 0.1) is 17.7 Å². The summed E-state index contributed by atoms with van der Waals surface area (Å²) in [4.78, 5) is 27.4. The highest BCUT2D eigenvalue weighted by Gasteiger charge is 2.19. The summed E-state index contributed by atoms with van der Waals surface area (Å²) < 4.78 is 5.14. The highest BCUT2D eigenvalue weighted by atomic mass is 32.1. The number of thiazole rings is 1. The maximum Gasteiger partial charge on any atom is 0.273 e. The second-order valence-corrected chi connectivity index (χ2v) is 7.15. The summed E-state index contributed by atoms with van der Waals surface area (Å²) in [7, 11) is 1.60. The highest BCUT2D eigenvalue weighted by Crippen LogP contribution is 2.26. The Morgan fingerprint density at radius 1 is 1.24 bits per heavy atom. The van der Waals surface area contributed by atoms with Crippen LogP contribution in [0, 0.1) is 17.0 Å². The normalized spacial score (nSPS) is 10.3. The van der Waals surface area contributed by atoms with Gasteiger partial charge in [-0.25, -0.2) is 4.98 Å². The Bertz CT molecular complexity index is 1080. The Hall–Kier alpha value is -3.37. The minimum absolute atomic E-state index is 0.0523. The molecule has 8 nitrogen and oxygen atoms in total. The van der Waals surface area contributed by atoms with E-state index in [0.29, 0.717) is 5.13 Å². The zero-order chi connectivity index (χ0) is 21.0. The van der Waals surface area contributed by atoms with Gasteiger partial charge in [0.25, 0.3) is 11.6 Å². The maximum atomic E-state index is 12.4. The molecular formula is C19H16N4O4S2. The van der Waals surface area contributed by atoms with E-state index in [1.165, 1.54) is 36.5 Å². The van der Waals surface area contributed by atoms with Gasteiger partial charge in [0.15, 0.2) is 10.2 Å². The number of benzene rings is 2.